The topological polar surface area (TPSA) is 66.5 Å². The SMILES string of the molecule is CCCC1(CCC)NC(=O)N(CC(=O)c2cc(C)ccc2C)C1=O. The molecule has 1 saturated heterocycles. The Morgan fingerprint density at radius 2 is 1.75 bits per heavy atom. The van der Waals surface area contributed by atoms with Gasteiger partial charge in [-0.05, 0) is 38.3 Å². The van der Waals surface area contributed by atoms with Gasteiger partial charge in [-0.3, -0.25) is 14.5 Å². The second-order valence-electron chi connectivity index (χ2n) is 6.65. The van der Waals surface area contributed by atoms with Gasteiger partial charge in [-0.25, -0.2) is 4.79 Å². The Balaban J connectivity index is 2.23. The third-order valence-electron chi connectivity index (χ3n) is 4.59. The maximum Gasteiger partial charge on any atom is 0.325 e. The Hall–Kier alpha value is -2.17. The van der Waals surface area contributed by atoms with E-state index in [2.05, 4.69) is 5.32 Å². The fraction of sp³-hybridized carbons (Fsp3) is 0.526. The number of hydrogen-bond acceptors (Lipinski definition) is 3. The Morgan fingerprint density at radius 1 is 1.12 bits per heavy atom. The van der Waals surface area contributed by atoms with Crippen LogP contribution in [0.15, 0.2) is 18.2 Å². The molecular formula is C19H26N2O3. The van der Waals surface area contributed by atoms with Gasteiger partial charge in [-0.1, -0.05) is 44.4 Å². The molecule has 5 nitrogen and oxygen atoms in total. The van der Waals surface area contributed by atoms with Gasteiger partial charge in [0.05, 0.1) is 6.54 Å². The zero-order chi connectivity index (χ0) is 17.9. The number of benzene rings is 1. The minimum Gasteiger partial charge on any atom is -0.323 e. The highest BCUT2D eigenvalue weighted by Crippen LogP contribution is 2.28. The van der Waals surface area contributed by atoms with E-state index in [1.165, 1.54) is 0 Å². The van der Waals surface area contributed by atoms with Crippen LogP contribution >= 0.6 is 0 Å². The monoisotopic (exact) mass is 330 g/mol. The molecule has 1 aromatic rings. The number of carbonyl (C=O) groups is 3. The molecule has 0 aliphatic carbocycles. The molecule has 130 valence electrons. The quantitative estimate of drug-likeness (QED) is 0.615. The standard InChI is InChI=1S/C19H26N2O3/c1-5-9-19(10-6-2)17(23)21(18(24)20-19)12-16(22)15-11-13(3)7-8-14(15)4/h7-8,11H,5-6,9-10,12H2,1-4H3,(H,20,24). The molecule has 1 aliphatic heterocycles. The number of rotatable bonds is 7. The predicted octanol–water partition coefficient (Wildman–Crippen LogP) is 3.38. The van der Waals surface area contributed by atoms with Crippen molar-refractivity contribution in [2.45, 2.75) is 58.9 Å². The van der Waals surface area contributed by atoms with Crippen molar-refractivity contribution in [2.24, 2.45) is 0 Å². The highest BCUT2D eigenvalue weighted by atomic mass is 16.2. The molecule has 2 rings (SSSR count). The molecule has 5 heteroatoms. The third-order valence-corrected chi connectivity index (χ3v) is 4.59. The second-order valence-corrected chi connectivity index (χ2v) is 6.65. The van der Waals surface area contributed by atoms with E-state index in [1.54, 1.807) is 0 Å². The lowest BCUT2D eigenvalue weighted by molar-refractivity contribution is -0.131. The highest BCUT2D eigenvalue weighted by Gasteiger charge is 2.50. The van der Waals surface area contributed by atoms with Crippen molar-refractivity contribution in [3.63, 3.8) is 0 Å². The number of nitrogens with one attached hydrogen (secondary N) is 1. The maximum absolute atomic E-state index is 12.8. The molecule has 1 aliphatic rings. The lowest BCUT2D eigenvalue weighted by Crippen LogP contribution is -2.47. The molecule has 0 aromatic heterocycles. The van der Waals surface area contributed by atoms with E-state index in [0.717, 1.165) is 28.9 Å². The van der Waals surface area contributed by atoms with Crippen molar-refractivity contribution in [3.05, 3.63) is 34.9 Å². The van der Waals surface area contributed by atoms with Crippen molar-refractivity contribution in [2.75, 3.05) is 6.54 Å². The van der Waals surface area contributed by atoms with Gasteiger partial charge in [0.2, 0.25) is 0 Å². The summed E-state index contributed by atoms with van der Waals surface area (Å²) in [7, 11) is 0. The summed E-state index contributed by atoms with van der Waals surface area (Å²) < 4.78 is 0. The van der Waals surface area contributed by atoms with Crippen LogP contribution in [0.4, 0.5) is 4.79 Å². The minimum atomic E-state index is -0.845. The Kier molecular flexibility index (Phi) is 5.42. The molecule has 3 amide bonds. The molecule has 0 bridgehead atoms. The average Bonchev–Trinajstić information content (AvgIpc) is 2.75. The van der Waals surface area contributed by atoms with Gasteiger partial charge in [0.1, 0.15) is 5.54 Å². The van der Waals surface area contributed by atoms with Crippen LogP contribution in [-0.2, 0) is 4.79 Å². The van der Waals surface area contributed by atoms with E-state index >= 15 is 0 Å². The van der Waals surface area contributed by atoms with E-state index in [4.69, 9.17) is 0 Å². The lowest BCUT2D eigenvalue weighted by atomic mass is 9.88. The molecule has 0 atom stereocenters. The van der Waals surface area contributed by atoms with Gasteiger partial charge in [0, 0.05) is 5.56 Å². The Bertz CT molecular complexity index is 661. The van der Waals surface area contributed by atoms with E-state index in [-0.39, 0.29) is 18.2 Å². The number of amides is 3. The van der Waals surface area contributed by atoms with Crippen LogP contribution in [0, 0.1) is 13.8 Å². The number of hydrogen-bond donors (Lipinski definition) is 1. The molecule has 0 unspecified atom stereocenters. The summed E-state index contributed by atoms with van der Waals surface area (Å²) in [4.78, 5) is 38.8. The number of carbonyl (C=O) groups excluding carboxylic acids is 3. The molecule has 1 aromatic carbocycles. The fourth-order valence-corrected chi connectivity index (χ4v) is 3.40. The van der Waals surface area contributed by atoms with E-state index in [1.807, 2.05) is 45.9 Å². The number of urea groups is 1. The van der Waals surface area contributed by atoms with E-state index in [9.17, 15) is 14.4 Å². The Morgan fingerprint density at radius 3 is 2.33 bits per heavy atom. The van der Waals surface area contributed by atoms with Crippen molar-refractivity contribution < 1.29 is 14.4 Å². The van der Waals surface area contributed by atoms with Crippen LogP contribution < -0.4 is 5.32 Å². The second kappa shape index (κ2) is 7.16. The molecule has 0 radical (unpaired) electrons. The van der Waals surface area contributed by atoms with E-state index < -0.39 is 11.6 Å². The first-order valence-corrected chi connectivity index (χ1v) is 8.59. The van der Waals surface area contributed by atoms with Gasteiger partial charge in [0.25, 0.3) is 5.91 Å². The number of ketones is 1. The van der Waals surface area contributed by atoms with Gasteiger partial charge in [-0.15, -0.1) is 0 Å². The molecule has 1 heterocycles. The predicted molar refractivity (Wildman–Crippen MR) is 93.0 cm³/mol. The van der Waals surface area contributed by atoms with E-state index in [0.29, 0.717) is 18.4 Å². The number of nitrogens with zero attached hydrogens (tertiary/aromatic N) is 1. The summed E-state index contributed by atoms with van der Waals surface area (Å²) in [5, 5.41) is 2.84. The van der Waals surface area contributed by atoms with Crippen LogP contribution in [0.2, 0.25) is 0 Å². The van der Waals surface area contributed by atoms with Crippen molar-refractivity contribution in [1.82, 2.24) is 10.2 Å². The number of Topliss-reactive ketones (excluding diaryl/α,β-unsaturated/α-hetero) is 1. The summed E-state index contributed by atoms with van der Waals surface area (Å²) in [5.74, 6) is -0.474. The van der Waals surface area contributed by atoms with Gasteiger partial charge in [0.15, 0.2) is 5.78 Å². The van der Waals surface area contributed by atoms with Crippen molar-refractivity contribution in [1.29, 1.82) is 0 Å². The third kappa shape index (κ3) is 3.35. The van der Waals surface area contributed by atoms with Gasteiger partial charge in [-0.2, -0.15) is 0 Å². The Labute approximate surface area is 143 Å². The van der Waals surface area contributed by atoms with Crippen LogP contribution in [0.5, 0.6) is 0 Å². The maximum atomic E-state index is 12.8. The first kappa shape index (κ1) is 18.2. The number of imide groups is 1. The van der Waals surface area contributed by atoms with Crippen molar-refractivity contribution in [3.8, 4) is 0 Å². The van der Waals surface area contributed by atoms with Crippen LogP contribution in [0.25, 0.3) is 0 Å². The smallest absolute Gasteiger partial charge is 0.323 e. The van der Waals surface area contributed by atoms with Crippen molar-refractivity contribution >= 4 is 17.7 Å². The molecule has 0 saturated carbocycles. The van der Waals surface area contributed by atoms with Crippen LogP contribution in [0.3, 0.4) is 0 Å². The molecule has 1 fully saturated rings. The summed E-state index contributed by atoms with van der Waals surface area (Å²) in [5.41, 5.74) is 1.56. The first-order chi connectivity index (χ1) is 11.3. The lowest BCUT2D eigenvalue weighted by Gasteiger charge is -2.25. The zero-order valence-corrected chi connectivity index (χ0v) is 14.9. The molecule has 24 heavy (non-hydrogen) atoms. The average molecular weight is 330 g/mol. The molecule has 0 spiro atoms. The van der Waals surface area contributed by atoms with Crippen LogP contribution in [-0.4, -0.2) is 34.7 Å². The molecule has 1 N–H and O–H groups in total. The summed E-state index contributed by atoms with van der Waals surface area (Å²) in [6, 6.07) is 5.17. The number of aryl methyl sites for hydroxylation is 2. The molecular weight excluding hydrogens is 304 g/mol. The first-order valence-electron chi connectivity index (χ1n) is 8.59. The zero-order valence-electron chi connectivity index (χ0n) is 14.9. The minimum absolute atomic E-state index is 0.204. The van der Waals surface area contributed by atoms with Crippen LogP contribution in [0.1, 0.15) is 61.0 Å². The summed E-state index contributed by atoms with van der Waals surface area (Å²) in [6.07, 6.45) is 2.79. The summed E-state index contributed by atoms with van der Waals surface area (Å²) in [6.45, 7) is 7.54. The fourth-order valence-electron chi connectivity index (χ4n) is 3.40. The highest BCUT2D eigenvalue weighted by molar-refractivity contribution is 6.11. The van der Waals surface area contributed by atoms with Gasteiger partial charge >= 0.3 is 6.03 Å². The summed E-state index contributed by atoms with van der Waals surface area (Å²) >= 11 is 0. The largest absolute Gasteiger partial charge is 0.325 e. The normalized spacial score (nSPS) is 16.4. The van der Waals surface area contributed by atoms with Gasteiger partial charge < -0.3 is 5.32 Å².